The van der Waals surface area contributed by atoms with E-state index in [9.17, 15) is 14.7 Å². The van der Waals surface area contributed by atoms with Gasteiger partial charge in [-0.1, -0.05) is 13.8 Å². The van der Waals surface area contributed by atoms with Gasteiger partial charge in [0, 0.05) is 31.5 Å². The Kier molecular flexibility index (Phi) is 5.89. The van der Waals surface area contributed by atoms with Crippen molar-refractivity contribution in [2.24, 2.45) is 5.92 Å². The number of methoxy groups -OCH3 is 1. The lowest BCUT2D eigenvalue weighted by Crippen LogP contribution is -2.50. The van der Waals surface area contributed by atoms with Gasteiger partial charge in [-0.25, -0.2) is 4.79 Å². The Bertz CT molecular complexity index is 634. The van der Waals surface area contributed by atoms with Crippen LogP contribution in [0.15, 0.2) is 18.2 Å². The van der Waals surface area contributed by atoms with Gasteiger partial charge in [0.15, 0.2) is 17.1 Å². The average molecular weight is 351 g/mol. The zero-order valence-corrected chi connectivity index (χ0v) is 14.8. The number of rotatable bonds is 6. The summed E-state index contributed by atoms with van der Waals surface area (Å²) in [4.78, 5) is 25.2. The first-order valence-corrected chi connectivity index (χ1v) is 8.32. The second-order valence-corrected chi connectivity index (χ2v) is 6.70. The number of aliphatic hydroxyl groups is 1. The Hall–Kier alpha value is -2.28. The van der Waals surface area contributed by atoms with E-state index >= 15 is 0 Å². The molecule has 1 saturated heterocycles. The summed E-state index contributed by atoms with van der Waals surface area (Å²) in [5.74, 6) is -0.0429. The molecule has 1 fully saturated rings. The van der Waals surface area contributed by atoms with Crippen LogP contribution in [0.5, 0.6) is 11.5 Å². The molecule has 7 heteroatoms. The molecule has 1 aliphatic rings. The number of carbonyl (C=O) groups excluding carboxylic acids is 1. The quantitative estimate of drug-likeness (QED) is 0.811. The van der Waals surface area contributed by atoms with Crippen molar-refractivity contribution in [1.82, 2.24) is 4.90 Å². The van der Waals surface area contributed by atoms with Crippen LogP contribution < -0.4 is 9.47 Å². The van der Waals surface area contributed by atoms with Crippen LogP contribution in [0.4, 0.5) is 0 Å². The number of carboxylic acids is 1. The van der Waals surface area contributed by atoms with Crippen molar-refractivity contribution >= 4 is 11.9 Å². The molecule has 0 aromatic heterocycles. The van der Waals surface area contributed by atoms with E-state index in [1.54, 1.807) is 23.1 Å². The summed E-state index contributed by atoms with van der Waals surface area (Å²) in [5, 5.41) is 19.0. The average Bonchev–Trinajstić information content (AvgIpc) is 2.59. The maximum Gasteiger partial charge on any atom is 0.335 e. The number of hydrogen-bond donors (Lipinski definition) is 2. The van der Waals surface area contributed by atoms with Crippen LogP contribution in [-0.4, -0.2) is 59.4 Å². The number of likely N-dealkylation sites (tertiary alicyclic amines) is 1. The maximum absolute atomic E-state index is 12.6. The SMILES string of the molecule is COc1cc(C(=O)N2CCC(O)(C(=O)O)CC2)ccc1OCC(C)C. The van der Waals surface area contributed by atoms with E-state index in [0.29, 0.717) is 29.6 Å². The largest absolute Gasteiger partial charge is 0.493 e. The number of carbonyl (C=O) groups is 2. The van der Waals surface area contributed by atoms with Crippen molar-refractivity contribution in [3.63, 3.8) is 0 Å². The summed E-state index contributed by atoms with van der Waals surface area (Å²) in [6.45, 7) is 5.01. The molecule has 1 aromatic carbocycles. The second kappa shape index (κ2) is 7.74. The van der Waals surface area contributed by atoms with Gasteiger partial charge in [-0.2, -0.15) is 0 Å². The molecule has 1 heterocycles. The lowest BCUT2D eigenvalue weighted by Gasteiger charge is -2.35. The fourth-order valence-electron chi connectivity index (χ4n) is 2.65. The molecule has 0 bridgehead atoms. The Labute approximate surface area is 147 Å². The molecule has 138 valence electrons. The number of benzene rings is 1. The van der Waals surface area contributed by atoms with Crippen molar-refractivity contribution in [2.45, 2.75) is 32.3 Å². The van der Waals surface area contributed by atoms with E-state index in [4.69, 9.17) is 14.6 Å². The van der Waals surface area contributed by atoms with Gasteiger partial charge in [-0.05, 0) is 24.1 Å². The van der Waals surface area contributed by atoms with E-state index in [1.807, 2.05) is 13.8 Å². The third-order valence-corrected chi connectivity index (χ3v) is 4.26. The Morgan fingerprint density at radius 3 is 2.40 bits per heavy atom. The number of carboxylic acid groups (broad SMARTS) is 1. The molecule has 7 nitrogen and oxygen atoms in total. The van der Waals surface area contributed by atoms with Crippen molar-refractivity contribution in [3.05, 3.63) is 23.8 Å². The zero-order valence-electron chi connectivity index (χ0n) is 14.8. The number of amides is 1. The fourth-order valence-corrected chi connectivity index (χ4v) is 2.65. The molecule has 1 aromatic rings. The van der Waals surface area contributed by atoms with Gasteiger partial charge in [0.25, 0.3) is 5.91 Å². The van der Waals surface area contributed by atoms with Gasteiger partial charge in [-0.3, -0.25) is 4.79 Å². The van der Waals surface area contributed by atoms with Crippen LogP contribution in [0.3, 0.4) is 0 Å². The van der Waals surface area contributed by atoms with Crippen molar-refractivity contribution in [2.75, 3.05) is 26.8 Å². The van der Waals surface area contributed by atoms with E-state index in [2.05, 4.69) is 0 Å². The van der Waals surface area contributed by atoms with Gasteiger partial charge in [0.2, 0.25) is 0 Å². The molecule has 0 spiro atoms. The van der Waals surface area contributed by atoms with Crippen molar-refractivity contribution in [3.8, 4) is 11.5 Å². The summed E-state index contributed by atoms with van der Waals surface area (Å²) in [6, 6.07) is 4.99. The summed E-state index contributed by atoms with van der Waals surface area (Å²) in [6.07, 6.45) is 0.0293. The highest BCUT2D eigenvalue weighted by molar-refractivity contribution is 5.95. The minimum atomic E-state index is -1.75. The molecular formula is C18H25NO6. The number of nitrogens with zero attached hydrogens (tertiary/aromatic N) is 1. The van der Waals surface area contributed by atoms with Crippen LogP contribution in [0.1, 0.15) is 37.0 Å². The summed E-state index contributed by atoms with van der Waals surface area (Å²) in [7, 11) is 1.51. The van der Waals surface area contributed by atoms with Crippen LogP contribution in [0.2, 0.25) is 0 Å². The van der Waals surface area contributed by atoms with E-state index in [-0.39, 0.29) is 31.8 Å². The monoisotopic (exact) mass is 351 g/mol. The highest BCUT2D eigenvalue weighted by Crippen LogP contribution is 2.30. The molecule has 2 N–H and O–H groups in total. The van der Waals surface area contributed by atoms with E-state index in [0.717, 1.165) is 0 Å². The maximum atomic E-state index is 12.6. The lowest BCUT2D eigenvalue weighted by atomic mass is 9.91. The number of aliphatic carboxylic acids is 1. The molecule has 25 heavy (non-hydrogen) atoms. The summed E-state index contributed by atoms with van der Waals surface area (Å²) in [5.41, 5.74) is -1.31. The topological polar surface area (TPSA) is 96.3 Å². The summed E-state index contributed by atoms with van der Waals surface area (Å²) >= 11 is 0. The number of piperidine rings is 1. The minimum Gasteiger partial charge on any atom is -0.493 e. The molecule has 0 unspecified atom stereocenters. The molecule has 0 atom stereocenters. The van der Waals surface area contributed by atoms with Crippen molar-refractivity contribution in [1.29, 1.82) is 0 Å². The normalized spacial score (nSPS) is 16.6. The smallest absolute Gasteiger partial charge is 0.335 e. The molecule has 0 saturated carbocycles. The molecule has 2 rings (SSSR count). The number of hydrogen-bond acceptors (Lipinski definition) is 5. The predicted octanol–water partition coefficient (Wildman–Crippen LogP) is 1.78. The van der Waals surface area contributed by atoms with Crippen LogP contribution in [0, 0.1) is 5.92 Å². The lowest BCUT2D eigenvalue weighted by molar-refractivity contribution is -0.162. The predicted molar refractivity (Wildman–Crippen MR) is 91.1 cm³/mol. The second-order valence-electron chi connectivity index (χ2n) is 6.70. The highest BCUT2D eigenvalue weighted by atomic mass is 16.5. The van der Waals surface area contributed by atoms with Crippen LogP contribution in [0.25, 0.3) is 0 Å². The third-order valence-electron chi connectivity index (χ3n) is 4.26. The van der Waals surface area contributed by atoms with Crippen LogP contribution >= 0.6 is 0 Å². The van der Waals surface area contributed by atoms with Gasteiger partial charge < -0.3 is 24.6 Å². The molecular weight excluding hydrogens is 326 g/mol. The fraction of sp³-hybridized carbons (Fsp3) is 0.556. The first-order valence-electron chi connectivity index (χ1n) is 8.32. The van der Waals surface area contributed by atoms with Gasteiger partial charge in [0.05, 0.1) is 13.7 Å². The van der Waals surface area contributed by atoms with Crippen LogP contribution in [-0.2, 0) is 4.79 Å². The van der Waals surface area contributed by atoms with Gasteiger partial charge in [-0.15, -0.1) is 0 Å². The number of ether oxygens (including phenoxy) is 2. The van der Waals surface area contributed by atoms with Gasteiger partial charge in [0.1, 0.15) is 0 Å². The highest BCUT2D eigenvalue weighted by Gasteiger charge is 2.40. The molecule has 0 radical (unpaired) electrons. The first-order chi connectivity index (χ1) is 11.8. The molecule has 1 amide bonds. The Balaban J connectivity index is 2.08. The van der Waals surface area contributed by atoms with Gasteiger partial charge >= 0.3 is 5.97 Å². The molecule has 1 aliphatic heterocycles. The standard InChI is InChI=1S/C18H25NO6/c1-12(2)11-25-14-5-4-13(10-15(14)24-3)16(20)19-8-6-18(23,7-9-19)17(21)22/h4-5,10,12,23H,6-9,11H2,1-3H3,(H,21,22). The zero-order chi connectivity index (χ0) is 18.6. The van der Waals surface area contributed by atoms with E-state index < -0.39 is 11.6 Å². The molecule has 0 aliphatic carbocycles. The van der Waals surface area contributed by atoms with Crippen molar-refractivity contribution < 1.29 is 29.3 Å². The first kappa shape index (κ1) is 19.1. The Morgan fingerprint density at radius 1 is 1.24 bits per heavy atom. The van der Waals surface area contributed by atoms with E-state index in [1.165, 1.54) is 7.11 Å². The minimum absolute atomic E-state index is 0.0147. The summed E-state index contributed by atoms with van der Waals surface area (Å²) < 4.78 is 11.0. The third kappa shape index (κ3) is 4.42. The Morgan fingerprint density at radius 2 is 1.88 bits per heavy atom.